The van der Waals surface area contributed by atoms with E-state index in [-0.39, 0.29) is 24.4 Å². The number of nitrogens with one attached hydrogen (secondary N) is 3. The van der Waals surface area contributed by atoms with Crippen LogP contribution >= 0.6 is 0 Å². The van der Waals surface area contributed by atoms with Crippen LogP contribution in [0.25, 0.3) is 6.08 Å². The van der Waals surface area contributed by atoms with E-state index in [0.717, 1.165) is 23.3 Å². The van der Waals surface area contributed by atoms with Gasteiger partial charge in [-0.3, -0.25) is 5.10 Å². The van der Waals surface area contributed by atoms with Crippen LogP contribution in [0.1, 0.15) is 42.5 Å². The molecule has 3 aliphatic rings. The minimum absolute atomic E-state index is 0.0283. The first-order chi connectivity index (χ1) is 17.1. The van der Waals surface area contributed by atoms with Gasteiger partial charge in [-0.1, -0.05) is 17.7 Å². The molecule has 1 saturated carbocycles. The molecule has 0 radical (unpaired) electrons. The maximum atomic E-state index is 15.2. The van der Waals surface area contributed by atoms with Crippen molar-refractivity contribution in [1.82, 2.24) is 25.5 Å². The largest absolute Gasteiger partial charge is 0.421 e. The van der Waals surface area contributed by atoms with Gasteiger partial charge in [0.2, 0.25) is 0 Å². The molecule has 1 aromatic carbocycles. The number of H-pyrrole nitrogens is 1. The minimum Gasteiger partial charge on any atom is -0.421 e. The van der Waals surface area contributed by atoms with Crippen molar-refractivity contribution < 1.29 is 14.2 Å². The highest BCUT2D eigenvalue weighted by atomic mass is 19.1. The lowest BCUT2D eigenvalue weighted by atomic mass is 10.1. The highest BCUT2D eigenvalue weighted by molar-refractivity contribution is 5.66. The average Bonchev–Trinajstić information content (AvgIpc) is 3.49. The Bertz CT molecular complexity index is 1290. The number of rotatable bonds is 7. The zero-order chi connectivity index (χ0) is 23.9. The summed E-state index contributed by atoms with van der Waals surface area (Å²) in [6, 6.07) is 7.31. The van der Waals surface area contributed by atoms with Gasteiger partial charge in [-0.2, -0.15) is 15.1 Å². The standard InChI is InChI=1S/C25H28FN7O2/c1-14-8-16-4-5-20(24(26)18(16)9-14)35-25-29-21(28-22-10-19(31-32-22)15-2-3-15)11-23(30-25)33-7-6-27-17(12-33)13-34/h4-5,9-11,15,17,27,34H,2-3,6-8,12-13H2,1H3,(H2,28,29,30,31,32). The first kappa shape index (κ1) is 22.0. The van der Waals surface area contributed by atoms with E-state index in [1.54, 1.807) is 6.07 Å². The average molecular weight is 478 g/mol. The predicted molar refractivity (Wildman–Crippen MR) is 131 cm³/mol. The summed E-state index contributed by atoms with van der Waals surface area (Å²) in [7, 11) is 0. The number of nitrogens with zero attached hydrogens (tertiary/aromatic N) is 4. The summed E-state index contributed by atoms with van der Waals surface area (Å²) in [4.78, 5) is 11.2. The molecule has 0 bridgehead atoms. The maximum absolute atomic E-state index is 15.2. The number of benzene rings is 1. The molecule has 6 rings (SSSR count). The van der Waals surface area contributed by atoms with E-state index in [0.29, 0.717) is 48.6 Å². The van der Waals surface area contributed by atoms with Crippen molar-refractivity contribution in [3.63, 3.8) is 0 Å². The van der Waals surface area contributed by atoms with Crippen LogP contribution in [0.3, 0.4) is 0 Å². The number of hydrogen-bond donors (Lipinski definition) is 4. The first-order valence-corrected chi connectivity index (χ1v) is 12.0. The molecular weight excluding hydrogens is 449 g/mol. The Morgan fingerprint density at radius 3 is 2.94 bits per heavy atom. The number of allylic oxidation sites excluding steroid dienone is 1. The molecule has 35 heavy (non-hydrogen) atoms. The fraction of sp³-hybridized carbons (Fsp3) is 0.400. The van der Waals surface area contributed by atoms with Gasteiger partial charge in [0.25, 0.3) is 0 Å². The van der Waals surface area contributed by atoms with Crippen LogP contribution in [0.2, 0.25) is 0 Å². The number of piperazine rings is 1. The Morgan fingerprint density at radius 2 is 2.11 bits per heavy atom. The van der Waals surface area contributed by atoms with Gasteiger partial charge in [-0.25, -0.2) is 4.39 Å². The molecule has 2 aliphatic carbocycles. The fourth-order valence-electron chi connectivity index (χ4n) is 4.67. The lowest BCUT2D eigenvalue weighted by molar-refractivity contribution is 0.235. The van der Waals surface area contributed by atoms with Crippen LogP contribution in [-0.2, 0) is 6.42 Å². The predicted octanol–water partition coefficient (Wildman–Crippen LogP) is 3.48. The Hall–Kier alpha value is -3.50. The molecule has 3 heterocycles. The van der Waals surface area contributed by atoms with Gasteiger partial charge in [0.15, 0.2) is 17.4 Å². The summed E-state index contributed by atoms with van der Waals surface area (Å²) < 4.78 is 21.1. The van der Waals surface area contributed by atoms with Crippen molar-refractivity contribution >= 4 is 23.5 Å². The number of hydrogen-bond acceptors (Lipinski definition) is 8. The van der Waals surface area contributed by atoms with Crippen LogP contribution in [0.5, 0.6) is 11.8 Å². The van der Waals surface area contributed by atoms with Crippen molar-refractivity contribution in [3.05, 3.63) is 52.5 Å². The molecule has 4 N–H and O–H groups in total. The minimum atomic E-state index is -0.410. The highest BCUT2D eigenvalue weighted by Crippen LogP contribution is 2.40. The van der Waals surface area contributed by atoms with Gasteiger partial charge in [0, 0.05) is 55.0 Å². The highest BCUT2D eigenvalue weighted by Gasteiger charge is 2.26. The third-order valence-corrected chi connectivity index (χ3v) is 6.66. The Kier molecular flexibility index (Phi) is 5.62. The van der Waals surface area contributed by atoms with Crippen LogP contribution < -0.4 is 20.3 Å². The molecule has 1 aliphatic heterocycles. The SMILES string of the molecule is CC1=Cc2c(ccc(Oc3nc(Nc4cc(C5CC5)[nH]n4)cc(N4CCNC(CO)C4)n3)c2F)C1. The zero-order valence-corrected chi connectivity index (χ0v) is 19.5. The summed E-state index contributed by atoms with van der Waals surface area (Å²) in [5.41, 5.74) is 3.73. The summed E-state index contributed by atoms with van der Waals surface area (Å²) >= 11 is 0. The Morgan fingerprint density at radius 1 is 1.23 bits per heavy atom. The van der Waals surface area contributed by atoms with E-state index in [2.05, 4.69) is 35.7 Å². The molecule has 1 saturated heterocycles. The molecule has 1 atom stereocenters. The number of aliphatic hydroxyl groups excluding tert-OH is 1. The molecule has 1 unspecified atom stereocenters. The normalized spacial score (nSPS) is 19.5. The molecule has 10 heteroatoms. The third-order valence-electron chi connectivity index (χ3n) is 6.66. The molecular formula is C25H28FN7O2. The Balaban J connectivity index is 1.32. The maximum Gasteiger partial charge on any atom is 0.326 e. The fourth-order valence-corrected chi connectivity index (χ4v) is 4.67. The number of ether oxygens (including phenoxy) is 1. The number of halogens is 1. The molecule has 182 valence electrons. The van der Waals surface area contributed by atoms with E-state index < -0.39 is 5.82 Å². The quantitative estimate of drug-likeness (QED) is 0.409. The van der Waals surface area contributed by atoms with E-state index in [9.17, 15) is 5.11 Å². The number of aromatic amines is 1. The van der Waals surface area contributed by atoms with Gasteiger partial charge >= 0.3 is 6.01 Å². The number of anilines is 3. The van der Waals surface area contributed by atoms with Crippen molar-refractivity contribution in [3.8, 4) is 11.8 Å². The topological polar surface area (TPSA) is 111 Å². The van der Waals surface area contributed by atoms with Crippen molar-refractivity contribution in [2.24, 2.45) is 0 Å². The summed E-state index contributed by atoms with van der Waals surface area (Å²) in [5, 5.41) is 23.6. The number of aromatic nitrogens is 4. The zero-order valence-electron chi connectivity index (χ0n) is 19.5. The van der Waals surface area contributed by atoms with E-state index in [4.69, 9.17) is 4.74 Å². The van der Waals surface area contributed by atoms with Crippen LogP contribution in [-0.4, -0.2) is 57.6 Å². The monoisotopic (exact) mass is 477 g/mol. The van der Waals surface area contributed by atoms with E-state index in [1.165, 1.54) is 12.8 Å². The Labute approximate surface area is 202 Å². The van der Waals surface area contributed by atoms with Crippen molar-refractivity contribution in [2.75, 3.05) is 36.5 Å². The summed E-state index contributed by atoms with van der Waals surface area (Å²) in [6.45, 7) is 4.01. The summed E-state index contributed by atoms with van der Waals surface area (Å²) in [6.07, 6.45) is 4.95. The number of fused-ring (bicyclic) bond motifs is 1. The van der Waals surface area contributed by atoms with Gasteiger partial charge in [0.1, 0.15) is 11.6 Å². The lowest BCUT2D eigenvalue weighted by Gasteiger charge is -2.33. The van der Waals surface area contributed by atoms with Crippen molar-refractivity contribution in [2.45, 2.75) is 38.1 Å². The second-order valence-corrected chi connectivity index (χ2v) is 9.50. The molecule has 0 amide bonds. The summed E-state index contributed by atoms with van der Waals surface area (Å²) in [5.74, 6) is 2.01. The molecule has 3 aromatic rings. The molecule has 0 spiro atoms. The van der Waals surface area contributed by atoms with Crippen molar-refractivity contribution in [1.29, 1.82) is 0 Å². The lowest BCUT2D eigenvalue weighted by Crippen LogP contribution is -2.52. The molecule has 2 aromatic heterocycles. The molecule has 9 nitrogen and oxygen atoms in total. The smallest absolute Gasteiger partial charge is 0.326 e. The van der Waals surface area contributed by atoms with E-state index in [1.807, 2.05) is 31.2 Å². The van der Waals surface area contributed by atoms with Crippen LogP contribution in [0.15, 0.2) is 29.8 Å². The first-order valence-electron chi connectivity index (χ1n) is 12.0. The van der Waals surface area contributed by atoms with E-state index >= 15 is 4.39 Å². The van der Waals surface area contributed by atoms with Gasteiger partial charge in [-0.05, 0) is 37.8 Å². The van der Waals surface area contributed by atoms with Gasteiger partial charge in [0.05, 0.1) is 6.61 Å². The second-order valence-electron chi connectivity index (χ2n) is 9.50. The van der Waals surface area contributed by atoms with Gasteiger partial charge in [-0.15, -0.1) is 0 Å². The molecule has 2 fully saturated rings. The second kappa shape index (κ2) is 8.94. The van der Waals surface area contributed by atoms with Crippen LogP contribution in [0, 0.1) is 5.82 Å². The van der Waals surface area contributed by atoms with Gasteiger partial charge < -0.3 is 25.4 Å². The van der Waals surface area contributed by atoms with Crippen LogP contribution in [0.4, 0.5) is 21.8 Å². The number of aliphatic hydroxyl groups is 1. The third kappa shape index (κ3) is 4.59.